The number of nitrogens with two attached hydrogens (primary N) is 1. The molecule has 0 unspecified atom stereocenters. The average molecular weight is 212 g/mol. The number of carbonyl (C=O) groups is 1. The van der Waals surface area contributed by atoms with Crippen LogP contribution < -0.4 is 5.73 Å². The molecule has 0 amide bonds. The SMILES string of the molecule is Nc1ccc(C=CC(=O)O)c(CCl)c1. The highest BCUT2D eigenvalue weighted by atomic mass is 35.5. The number of aliphatic carboxylic acids is 1. The van der Waals surface area contributed by atoms with Crippen molar-refractivity contribution in [3.63, 3.8) is 0 Å². The van der Waals surface area contributed by atoms with Crippen molar-refractivity contribution in [1.82, 2.24) is 0 Å². The molecule has 0 saturated heterocycles. The van der Waals surface area contributed by atoms with Crippen molar-refractivity contribution in [2.45, 2.75) is 5.88 Å². The van der Waals surface area contributed by atoms with E-state index in [-0.39, 0.29) is 0 Å². The van der Waals surface area contributed by atoms with E-state index in [1.165, 1.54) is 6.08 Å². The van der Waals surface area contributed by atoms with Gasteiger partial charge in [0, 0.05) is 17.6 Å². The summed E-state index contributed by atoms with van der Waals surface area (Å²) >= 11 is 5.68. The van der Waals surface area contributed by atoms with Crippen LogP contribution in [0.3, 0.4) is 0 Å². The maximum atomic E-state index is 10.3. The molecule has 3 N–H and O–H groups in total. The Hall–Kier alpha value is -1.48. The Morgan fingerprint density at radius 1 is 1.57 bits per heavy atom. The number of benzene rings is 1. The number of hydrogen-bond acceptors (Lipinski definition) is 2. The standard InChI is InChI=1S/C10H10ClNO2/c11-6-8-5-9(12)3-1-7(8)2-4-10(13)14/h1-5H,6,12H2,(H,13,14). The van der Waals surface area contributed by atoms with E-state index in [9.17, 15) is 4.79 Å². The van der Waals surface area contributed by atoms with E-state index in [1.54, 1.807) is 18.2 Å². The van der Waals surface area contributed by atoms with Gasteiger partial charge in [-0.25, -0.2) is 4.79 Å². The zero-order chi connectivity index (χ0) is 10.6. The van der Waals surface area contributed by atoms with E-state index in [0.717, 1.165) is 17.2 Å². The Kier molecular flexibility index (Phi) is 3.54. The molecular weight excluding hydrogens is 202 g/mol. The van der Waals surface area contributed by atoms with Gasteiger partial charge in [-0.05, 0) is 29.3 Å². The molecule has 4 heteroatoms. The van der Waals surface area contributed by atoms with Crippen LogP contribution >= 0.6 is 11.6 Å². The average Bonchev–Trinajstić information content (AvgIpc) is 2.15. The monoisotopic (exact) mass is 211 g/mol. The van der Waals surface area contributed by atoms with E-state index in [2.05, 4.69) is 0 Å². The molecule has 0 spiro atoms. The van der Waals surface area contributed by atoms with Gasteiger partial charge in [0.2, 0.25) is 0 Å². The molecule has 0 heterocycles. The molecule has 0 radical (unpaired) electrons. The van der Waals surface area contributed by atoms with E-state index < -0.39 is 5.97 Å². The molecule has 1 aromatic rings. The third-order valence-electron chi connectivity index (χ3n) is 1.72. The lowest BCUT2D eigenvalue weighted by Gasteiger charge is -2.02. The van der Waals surface area contributed by atoms with Crippen LogP contribution in [-0.2, 0) is 10.7 Å². The third kappa shape index (κ3) is 2.78. The summed E-state index contributed by atoms with van der Waals surface area (Å²) < 4.78 is 0. The maximum absolute atomic E-state index is 10.3. The summed E-state index contributed by atoms with van der Waals surface area (Å²) in [6, 6.07) is 5.18. The van der Waals surface area contributed by atoms with Crippen LogP contribution in [0.4, 0.5) is 5.69 Å². The van der Waals surface area contributed by atoms with Crippen LogP contribution in [0.2, 0.25) is 0 Å². The maximum Gasteiger partial charge on any atom is 0.328 e. The molecule has 0 saturated carbocycles. The van der Waals surface area contributed by atoms with Gasteiger partial charge in [0.1, 0.15) is 0 Å². The Morgan fingerprint density at radius 2 is 2.29 bits per heavy atom. The van der Waals surface area contributed by atoms with Crippen LogP contribution in [-0.4, -0.2) is 11.1 Å². The zero-order valence-electron chi connectivity index (χ0n) is 7.40. The molecule has 1 rings (SSSR count). The molecule has 0 aromatic heterocycles. The van der Waals surface area contributed by atoms with Crippen molar-refractivity contribution in [2.75, 3.05) is 5.73 Å². The number of anilines is 1. The van der Waals surface area contributed by atoms with Crippen molar-refractivity contribution in [1.29, 1.82) is 0 Å². The molecule has 0 fully saturated rings. The van der Waals surface area contributed by atoms with Crippen molar-refractivity contribution in [3.8, 4) is 0 Å². The third-order valence-corrected chi connectivity index (χ3v) is 2.00. The fourth-order valence-corrected chi connectivity index (χ4v) is 1.30. The molecule has 3 nitrogen and oxygen atoms in total. The summed E-state index contributed by atoms with van der Waals surface area (Å²) in [5, 5.41) is 8.45. The second-order valence-electron chi connectivity index (χ2n) is 2.76. The Morgan fingerprint density at radius 3 is 2.86 bits per heavy atom. The summed E-state index contributed by atoms with van der Waals surface area (Å²) in [4.78, 5) is 10.3. The van der Waals surface area contributed by atoms with Crippen molar-refractivity contribution in [2.24, 2.45) is 0 Å². The first-order valence-corrected chi connectivity index (χ1v) is 4.52. The van der Waals surface area contributed by atoms with Crippen LogP contribution in [0.5, 0.6) is 0 Å². The lowest BCUT2D eigenvalue weighted by atomic mass is 10.1. The van der Waals surface area contributed by atoms with E-state index in [0.29, 0.717) is 11.6 Å². The molecule has 14 heavy (non-hydrogen) atoms. The van der Waals surface area contributed by atoms with E-state index in [4.69, 9.17) is 22.4 Å². The van der Waals surface area contributed by atoms with Gasteiger partial charge in [0.25, 0.3) is 0 Å². The Balaban J connectivity index is 3.02. The highest BCUT2D eigenvalue weighted by Crippen LogP contribution is 2.17. The highest BCUT2D eigenvalue weighted by molar-refractivity contribution is 6.17. The van der Waals surface area contributed by atoms with Gasteiger partial charge in [-0.1, -0.05) is 6.07 Å². The first-order valence-electron chi connectivity index (χ1n) is 3.99. The van der Waals surface area contributed by atoms with Gasteiger partial charge in [-0.2, -0.15) is 0 Å². The summed E-state index contributed by atoms with van der Waals surface area (Å²) in [6.07, 6.45) is 2.57. The number of carboxylic acid groups (broad SMARTS) is 1. The van der Waals surface area contributed by atoms with Gasteiger partial charge in [-0.15, -0.1) is 11.6 Å². The molecule has 0 aliphatic rings. The van der Waals surface area contributed by atoms with Gasteiger partial charge in [0.05, 0.1) is 0 Å². The fourth-order valence-electron chi connectivity index (χ4n) is 1.07. The predicted octanol–water partition coefficient (Wildman–Crippen LogP) is 2.11. The summed E-state index contributed by atoms with van der Waals surface area (Å²) in [7, 11) is 0. The zero-order valence-corrected chi connectivity index (χ0v) is 8.16. The lowest BCUT2D eigenvalue weighted by Crippen LogP contribution is -1.91. The first kappa shape index (κ1) is 10.6. The minimum Gasteiger partial charge on any atom is -0.478 e. The Bertz CT molecular complexity index is 374. The number of alkyl halides is 1. The van der Waals surface area contributed by atoms with Gasteiger partial charge in [0.15, 0.2) is 0 Å². The highest BCUT2D eigenvalue weighted by Gasteiger charge is 1.99. The molecule has 1 aromatic carbocycles. The Labute approximate surface area is 86.8 Å². The molecule has 0 atom stereocenters. The number of nitrogen functional groups attached to an aromatic ring is 1. The first-order chi connectivity index (χ1) is 6.63. The predicted molar refractivity (Wildman–Crippen MR) is 57.1 cm³/mol. The molecule has 0 aliphatic heterocycles. The van der Waals surface area contributed by atoms with Crippen LogP contribution in [0.15, 0.2) is 24.3 Å². The number of halogens is 1. The van der Waals surface area contributed by atoms with Crippen molar-refractivity contribution in [3.05, 3.63) is 35.4 Å². The number of hydrogen-bond donors (Lipinski definition) is 2. The molecule has 0 aliphatic carbocycles. The van der Waals surface area contributed by atoms with Crippen LogP contribution in [0, 0.1) is 0 Å². The van der Waals surface area contributed by atoms with Crippen LogP contribution in [0.25, 0.3) is 6.08 Å². The quantitative estimate of drug-likeness (QED) is 0.457. The largest absolute Gasteiger partial charge is 0.478 e. The minimum absolute atomic E-state index is 0.310. The van der Waals surface area contributed by atoms with E-state index in [1.807, 2.05) is 0 Å². The smallest absolute Gasteiger partial charge is 0.328 e. The van der Waals surface area contributed by atoms with Gasteiger partial charge < -0.3 is 10.8 Å². The van der Waals surface area contributed by atoms with Gasteiger partial charge >= 0.3 is 5.97 Å². The molecule has 0 bridgehead atoms. The second kappa shape index (κ2) is 4.67. The summed E-state index contributed by atoms with van der Waals surface area (Å²) in [5.41, 5.74) is 7.78. The number of rotatable bonds is 3. The van der Waals surface area contributed by atoms with Crippen LogP contribution in [0.1, 0.15) is 11.1 Å². The molecule has 74 valence electrons. The summed E-state index contributed by atoms with van der Waals surface area (Å²) in [6.45, 7) is 0. The summed E-state index contributed by atoms with van der Waals surface area (Å²) in [5.74, 6) is -0.674. The number of carboxylic acids is 1. The fraction of sp³-hybridized carbons (Fsp3) is 0.100. The minimum atomic E-state index is -0.984. The van der Waals surface area contributed by atoms with Gasteiger partial charge in [-0.3, -0.25) is 0 Å². The topological polar surface area (TPSA) is 63.3 Å². The molecular formula is C10H10ClNO2. The second-order valence-corrected chi connectivity index (χ2v) is 3.03. The van der Waals surface area contributed by atoms with Crippen molar-refractivity contribution < 1.29 is 9.90 Å². The van der Waals surface area contributed by atoms with Crippen molar-refractivity contribution >= 4 is 29.3 Å². The van der Waals surface area contributed by atoms with E-state index >= 15 is 0 Å². The normalized spacial score (nSPS) is 10.6. The lowest BCUT2D eigenvalue weighted by molar-refractivity contribution is -0.131.